The summed E-state index contributed by atoms with van der Waals surface area (Å²) in [6.07, 6.45) is 7.83. The van der Waals surface area contributed by atoms with Gasteiger partial charge in [0.15, 0.2) is 0 Å². The van der Waals surface area contributed by atoms with E-state index in [0.29, 0.717) is 6.42 Å². The van der Waals surface area contributed by atoms with E-state index in [2.05, 4.69) is 43.1 Å². The smallest absolute Gasteiger partial charge is 0.0633 e. The standard InChI is InChI=1S/C19H34N2O2/c1-3-4-5-6-7-14-21(2)18-10-8-17(9-11-18)12-13-19(20,15-22)16-23/h8-11,22-23H,3-7,12-16,20H2,1-2H3. The van der Waals surface area contributed by atoms with Gasteiger partial charge in [-0.25, -0.2) is 0 Å². The van der Waals surface area contributed by atoms with Crippen LogP contribution in [-0.2, 0) is 6.42 Å². The van der Waals surface area contributed by atoms with Gasteiger partial charge in [-0.15, -0.1) is 0 Å². The summed E-state index contributed by atoms with van der Waals surface area (Å²) < 4.78 is 0. The van der Waals surface area contributed by atoms with Crippen molar-refractivity contribution < 1.29 is 10.2 Å². The van der Waals surface area contributed by atoms with Crippen LogP contribution in [0.5, 0.6) is 0 Å². The summed E-state index contributed by atoms with van der Waals surface area (Å²) in [5, 5.41) is 18.4. The molecule has 0 saturated carbocycles. The third-order valence-electron chi connectivity index (χ3n) is 4.52. The summed E-state index contributed by atoms with van der Waals surface area (Å²) in [4.78, 5) is 2.30. The molecule has 0 atom stereocenters. The molecule has 0 unspecified atom stereocenters. The summed E-state index contributed by atoms with van der Waals surface area (Å²) in [6.45, 7) is 2.94. The molecule has 0 aliphatic rings. The fourth-order valence-corrected chi connectivity index (χ4v) is 2.60. The van der Waals surface area contributed by atoms with Crippen molar-refractivity contribution in [3.63, 3.8) is 0 Å². The maximum atomic E-state index is 9.22. The van der Waals surface area contributed by atoms with E-state index in [9.17, 15) is 10.2 Å². The van der Waals surface area contributed by atoms with Gasteiger partial charge in [-0.3, -0.25) is 0 Å². The zero-order valence-corrected chi connectivity index (χ0v) is 14.8. The molecule has 0 aromatic heterocycles. The molecule has 0 aliphatic heterocycles. The summed E-state index contributed by atoms with van der Waals surface area (Å²) in [6, 6.07) is 8.49. The number of benzene rings is 1. The minimum absolute atomic E-state index is 0.192. The van der Waals surface area contributed by atoms with Gasteiger partial charge in [0.05, 0.1) is 18.8 Å². The Hall–Kier alpha value is -1.10. The van der Waals surface area contributed by atoms with Gasteiger partial charge in [0, 0.05) is 19.3 Å². The Labute approximate surface area is 141 Å². The lowest BCUT2D eigenvalue weighted by atomic mass is 9.94. The molecular formula is C19H34N2O2. The fourth-order valence-electron chi connectivity index (χ4n) is 2.60. The van der Waals surface area contributed by atoms with Crippen LogP contribution in [0.2, 0.25) is 0 Å². The lowest BCUT2D eigenvalue weighted by Gasteiger charge is -2.24. The minimum atomic E-state index is -0.881. The highest BCUT2D eigenvalue weighted by molar-refractivity contribution is 5.46. The average molecular weight is 322 g/mol. The molecule has 1 aromatic carbocycles. The van der Waals surface area contributed by atoms with Crippen molar-refractivity contribution in [2.45, 2.75) is 57.4 Å². The minimum Gasteiger partial charge on any atom is -0.394 e. The van der Waals surface area contributed by atoms with Crippen LogP contribution in [0.25, 0.3) is 0 Å². The van der Waals surface area contributed by atoms with Gasteiger partial charge in [0.1, 0.15) is 0 Å². The number of unbranched alkanes of at least 4 members (excludes halogenated alkanes) is 4. The quantitative estimate of drug-likeness (QED) is 0.518. The maximum absolute atomic E-state index is 9.22. The van der Waals surface area contributed by atoms with Crippen LogP contribution in [0.1, 0.15) is 51.0 Å². The van der Waals surface area contributed by atoms with Crippen LogP contribution in [0.4, 0.5) is 5.69 Å². The number of rotatable bonds is 12. The molecule has 0 saturated heterocycles. The van der Waals surface area contributed by atoms with Crippen molar-refractivity contribution in [1.82, 2.24) is 0 Å². The summed E-state index contributed by atoms with van der Waals surface area (Å²) in [5.74, 6) is 0. The summed E-state index contributed by atoms with van der Waals surface area (Å²) >= 11 is 0. The van der Waals surface area contributed by atoms with Gasteiger partial charge >= 0.3 is 0 Å². The first-order valence-corrected chi connectivity index (χ1v) is 8.85. The molecular weight excluding hydrogens is 288 g/mol. The zero-order chi connectivity index (χ0) is 17.1. The Morgan fingerprint density at radius 1 is 1.00 bits per heavy atom. The van der Waals surface area contributed by atoms with E-state index in [4.69, 9.17) is 5.73 Å². The molecule has 1 rings (SSSR count). The molecule has 0 bridgehead atoms. The van der Waals surface area contributed by atoms with E-state index in [1.54, 1.807) is 0 Å². The molecule has 4 N–H and O–H groups in total. The number of hydrogen-bond donors (Lipinski definition) is 3. The molecule has 0 radical (unpaired) electrons. The van der Waals surface area contributed by atoms with Crippen LogP contribution >= 0.6 is 0 Å². The highest BCUT2D eigenvalue weighted by Crippen LogP contribution is 2.17. The second kappa shape index (κ2) is 10.6. The summed E-state index contributed by atoms with van der Waals surface area (Å²) in [7, 11) is 2.14. The Kier molecular flexibility index (Phi) is 9.22. The number of anilines is 1. The Morgan fingerprint density at radius 2 is 1.61 bits per heavy atom. The van der Waals surface area contributed by atoms with Gasteiger partial charge in [-0.1, -0.05) is 44.7 Å². The van der Waals surface area contributed by atoms with Crippen LogP contribution in [0, 0.1) is 0 Å². The highest BCUT2D eigenvalue weighted by atomic mass is 16.3. The number of nitrogens with two attached hydrogens (primary N) is 1. The molecule has 132 valence electrons. The highest BCUT2D eigenvalue weighted by Gasteiger charge is 2.22. The van der Waals surface area contributed by atoms with Crippen LogP contribution in [0.3, 0.4) is 0 Å². The predicted octanol–water partition coefficient (Wildman–Crippen LogP) is 2.71. The van der Waals surface area contributed by atoms with Gasteiger partial charge in [0.2, 0.25) is 0 Å². The predicted molar refractivity (Wildman–Crippen MR) is 97.9 cm³/mol. The van der Waals surface area contributed by atoms with E-state index >= 15 is 0 Å². The summed E-state index contributed by atoms with van der Waals surface area (Å²) in [5.41, 5.74) is 7.43. The monoisotopic (exact) mass is 322 g/mol. The van der Waals surface area contributed by atoms with E-state index < -0.39 is 5.54 Å². The average Bonchev–Trinajstić information content (AvgIpc) is 2.59. The SMILES string of the molecule is CCCCCCCN(C)c1ccc(CCC(N)(CO)CO)cc1. The first kappa shape index (κ1) is 19.9. The van der Waals surface area contributed by atoms with Gasteiger partial charge in [-0.2, -0.15) is 0 Å². The molecule has 0 aliphatic carbocycles. The van der Waals surface area contributed by atoms with Gasteiger partial charge in [0.25, 0.3) is 0 Å². The van der Waals surface area contributed by atoms with Crippen molar-refractivity contribution in [2.24, 2.45) is 5.73 Å². The van der Waals surface area contributed by atoms with E-state index in [-0.39, 0.29) is 13.2 Å². The molecule has 23 heavy (non-hydrogen) atoms. The second-order valence-corrected chi connectivity index (χ2v) is 6.68. The van der Waals surface area contributed by atoms with Crippen molar-refractivity contribution in [2.75, 3.05) is 31.7 Å². The number of aliphatic hydroxyl groups is 2. The third-order valence-corrected chi connectivity index (χ3v) is 4.52. The van der Waals surface area contributed by atoms with Crippen LogP contribution in [0.15, 0.2) is 24.3 Å². The van der Waals surface area contributed by atoms with Crippen LogP contribution in [-0.4, -0.2) is 42.6 Å². The Morgan fingerprint density at radius 3 is 2.17 bits per heavy atom. The van der Waals surface area contributed by atoms with Crippen molar-refractivity contribution in [3.8, 4) is 0 Å². The van der Waals surface area contributed by atoms with Gasteiger partial charge < -0.3 is 20.8 Å². The van der Waals surface area contributed by atoms with E-state index in [1.165, 1.54) is 43.4 Å². The van der Waals surface area contributed by atoms with Crippen molar-refractivity contribution >= 4 is 5.69 Å². The molecule has 0 fully saturated rings. The third kappa shape index (κ3) is 7.34. The Balaban J connectivity index is 2.40. The van der Waals surface area contributed by atoms with Crippen molar-refractivity contribution in [1.29, 1.82) is 0 Å². The molecule has 0 amide bonds. The largest absolute Gasteiger partial charge is 0.394 e. The molecule has 0 spiro atoms. The lowest BCUT2D eigenvalue weighted by molar-refractivity contribution is 0.115. The maximum Gasteiger partial charge on any atom is 0.0633 e. The molecule has 1 aromatic rings. The Bertz CT molecular complexity index is 416. The van der Waals surface area contributed by atoms with E-state index in [1.807, 2.05) is 0 Å². The van der Waals surface area contributed by atoms with Gasteiger partial charge in [-0.05, 0) is 37.0 Å². The molecule has 4 nitrogen and oxygen atoms in total. The van der Waals surface area contributed by atoms with Crippen molar-refractivity contribution in [3.05, 3.63) is 29.8 Å². The molecule has 4 heteroatoms. The second-order valence-electron chi connectivity index (χ2n) is 6.68. The zero-order valence-electron chi connectivity index (χ0n) is 14.8. The molecule has 0 heterocycles. The first-order chi connectivity index (χ1) is 11.0. The van der Waals surface area contributed by atoms with E-state index in [0.717, 1.165) is 13.0 Å². The number of hydrogen-bond acceptors (Lipinski definition) is 4. The number of aliphatic hydroxyl groups excluding tert-OH is 2. The normalized spacial score (nSPS) is 11.7. The fraction of sp³-hybridized carbons (Fsp3) is 0.684. The van der Waals surface area contributed by atoms with Crippen LogP contribution < -0.4 is 10.6 Å². The number of aryl methyl sites for hydroxylation is 1. The topological polar surface area (TPSA) is 69.7 Å². The first-order valence-electron chi connectivity index (χ1n) is 8.85. The lowest BCUT2D eigenvalue weighted by Crippen LogP contribution is -2.47. The number of nitrogens with zero attached hydrogens (tertiary/aromatic N) is 1.